The second-order valence-electron chi connectivity index (χ2n) is 8.63. The van der Waals surface area contributed by atoms with Crippen LogP contribution in [-0.2, 0) is 19.1 Å². The molecule has 8 nitrogen and oxygen atoms in total. The lowest BCUT2D eigenvalue weighted by Gasteiger charge is -2.34. The third-order valence-electron chi connectivity index (χ3n) is 6.82. The lowest BCUT2D eigenvalue weighted by molar-refractivity contribution is -0.896. The molecule has 1 aliphatic carbocycles. The highest BCUT2D eigenvalue weighted by Crippen LogP contribution is 2.30. The Morgan fingerprint density at radius 3 is 2.36 bits per heavy atom. The van der Waals surface area contributed by atoms with E-state index in [4.69, 9.17) is 4.74 Å². The number of carbonyl (C=O) groups is 3. The Hall–Kier alpha value is -1.67. The van der Waals surface area contributed by atoms with E-state index in [0.29, 0.717) is 64.9 Å². The molecule has 3 aliphatic heterocycles. The van der Waals surface area contributed by atoms with Gasteiger partial charge in [0, 0.05) is 32.1 Å². The van der Waals surface area contributed by atoms with Crippen molar-refractivity contribution in [2.75, 3.05) is 65.6 Å². The maximum atomic E-state index is 12.9. The molecule has 4 fully saturated rings. The number of hydrogen-bond acceptors (Lipinski definition) is 4. The highest BCUT2D eigenvalue weighted by atomic mass is 16.5. The van der Waals surface area contributed by atoms with E-state index in [1.807, 2.05) is 14.7 Å². The van der Waals surface area contributed by atoms with Crippen LogP contribution < -0.4 is 4.90 Å². The third-order valence-corrected chi connectivity index (χ3v) is 6.82. The summed E-state index contributed by atoms with van der Waals surface area (Å²) >= 11 is 0. The number of amides is 3. The van der Waals surface area contributed by atoms with Gasteiger partial charge in [0.15, 0.2) is 6.54 Å². The first-order valence-corrected chi connectivity index (χ1v) is 10.9. The highest BCUT2D eigenvalue weighted by molar-refractivity contribution is 5.89. The molecule has 3 saturated heterocycles. The number of carbonyl (C=O) groups excluding carboxylic acids is 3. The molecule has 4 rings (SSSR count). The number of likely N-dealkylation sites (tertiary alicyclic amines) is 1. The number of quaternary nitrogens is 1. The van der Waals surface area contributed by atoms with Crippen LogP contribution in [0.3, 0.4) is 0 Å². The summed E-state index contributed by atoms with van der Waals surface area (Å²) in [6.07, 6.45) is 4.94. The summed E-state index contributed by atoms with van der Waals surface area (Å²) in [5.41, 5.74) is 0. The van der Waals surface area contributed by atoms with E-state index in [-0.39, 0.29) is 23.6 Å². The van der Waals surface area contributed by atoms with Crippen LogP contribution in [0, 0.1) is 5.92 Å². The molecule has 156 valence electrons. The maximum absolute atomic E-state index is 12.9. The average molecular weight is 394 g/mol. The Morgan fingerprint density at radius 1 is 1.00 bits per heavy atom. The van der Waals surface area contributed by atoms with Crippen molar-refractivity contribution in [3.8, 4) is 0 Å². The molecular weight excluding hydrogens is 360 g/mol. The minimum absolute atomic E-state index is 0.132. The second-order valence-corrected chi connectivity index (χ2v) is 8.63. The van der Waals surface area contributed by atoms with Crippen molar-refractivity contribution in [1.82, 2.24) is 14.7 Å². The van der Waals surface area contributed by atoms with Gasteiger partial charge in [-0.2, -0.15) is 0 Å². The SMILES string of the molecule is O=C(C[NH+]1CCN(C(=O)[C@H]2CC(=O)N(C3CCCC3)C2)CC1)N1CCOCC1. The second kappa shape index (κ2) is 8.78. The van der Waals surface area contributed by atoms with Crippen molar-refractivity contribution in [2.24, 2.45) is 5.92 Å². The van der Waals surface area contributed by atoms with Gasteiger partial charge in [0.25, 0.3) is 5.91 Å². The van der Waals surface area contributed by atoms with Crippen molar-refractivity contribution in [1.29, 1.82) is 0 Å². The average Bonchev–Trinajstić information content (AvgIpc) is 3.38. The third kappa shape index (κ3) is 4.33. The van der Waals surface area contributed by atoms with Crippen LogP contribution in [0.15, 0.2) is 0 Å². The molecule has 0 aromatic heterocycles. The molecule has 0 radical (unpaired) electrons. The largest absolute Gasteiger partial charge is 0.378 e. The number of morpholine rings is 1. The summed E-state index contributed by atoms with van der Waals surface area (Å²) in [5, 5.41) is 0. The molecule has 0 unspecified atom stereocenters. The van der Waals surface area contributed by atoms with Crippen LogP contribution in [-0.4, -0.2) is 104 Å². The van der Waals surface area contributed by atoms with E-state index < -0.39 is 0 Å². The molecule has 28 heavy (non-hydrogen) atoms. The molecule has 0 bridgehead atoms. The highest BCUT2D eigenvalue weighted by Gasteiger charge is 2.41. The molecule has 1 saturated carbocycles. The van der Waals surface area contributed by atoms with Gasteiger partial charge in [0.1, 0.15) is 0 Å². The first-order valence-electron chi connectivity index (χ1n) is 10.9. The lowest BCUT2D eigenvalue weighted by atomic mass is 10.1. The van der Waals surface area contributed by atoms with Crippen LogP contribution in [0.1, 0.15) is 32.1 Å². The predicted molar refractivity (Wildman–Crippen MR) is 102 cm³/mol. The number of piperazine rings is 1. The van der Waals surface area contributed by atoms with Gasteiger partial charge < -0.3 is 24.3 Å². The van der Waals surface area contributed by atoms with Crippen LogP contribution in [0.2, 0.25) is 0 Å². The zero-order valence-electron chi connectivity index (χ0n) is 16.7. The lowest BCUT2D eigenvalue weighted by Crippen LogP contribution is -3.15. The predicted octanol–water partition coefficient (Wildman–Crippen LogP) is -1.64. The molecule has 3 amide bonds. The number of nitrogens with one attached hydrogen (secondary N) is 1. The monoisotopic (exact) mass is 393 g/mol. The van der Waals surface area contributed by atoms with E-state index in [9.17, 15) is 14.4 Å². The molecule has 4 aliphatic rings. The Bertz CT molecular complexity index is 593. The van der Waals surface area contributed by atoms with Crippen LogP contribution in [0.25, 0.3) is 0 Å². The molecule has 3 heterocycles. The standard InChI is InChI=1S/C20H32N4O4/c25-18-13-16(14-24(18)17-3-1-2-4-17)20(27)23-7-5-21(6-8-23)15-19(26)22-9-11-28-12-10-22/h16-17H,1-15H2/p+1/t16-/m0/s1. The smallest absolute Gasteiger partial charge is 0.277 e. The van der Waals surface area contributed by atoms with Crippen LogP contribution in [0.5, 0.6) is 0 Å². The topological polar surface area (TPSA) is 74.6 Å². The minimum Gasteiger partial charge on any atom is -0.378 e. The van der Waals surface area contributed by atoms with Gasteiger partial charge in [-0.25, -0.2) is 0 Å². The fourth-order valence-electron chi connectivity index (χ4n) is 5.08. The molecule has 1 atom stereocenters. The van der Waals surface area contributed by atoms with Crippen molar-refractivity contribution < 1.29 is 24.0 Å². The van der Waals surface area contributed by atoms with Gasteiger partial charge in [0.05, 0.1) is 45.3 Å². The van der Waals surface area contributed by atoms with Crippen LogP contribution >= 0.6 is 0 Å². The molecule has 8 heteroatoms. The minimum atomic E-state index is -0.176. The number of ether oxygens (including phenoxy) is 1. The molecular formula is C20H33N4O4+. The quantitative estimate of drug-likeness (QED) is 0.622. The van der Waals surface area contributed by atoms with Crippen LogP contribution in [0.4, 0.5) is 0 Å². The van der Waals surface area contributed by atoms with Gasteiger partial charge in [-0.3, -0.25) is 14.4 Å². The van der Waals surface area contributed by atoms with Crippen molar-refractivity contribution >= 4 is 17.7 Å². The Kier molecular flexibility index (Phi) is 6.16. The van der Waals surface area contributed by atoms with Gasteiger partial charge in [-0.15, -0.1) is 0 Å². The van der Waals surface area contributed by atoms with Crippen molar-refractivity contribution in [2.45, 2.75) is 38.1 Å². The number of nitrogens with zero attached hydrogens (tertiary/aromatic N) is 3. The maximum Gasteiger partial charge on any atom is 0.277 e. The first-order chi connectivity index (χ1) is 13.6. The molecule has 1 N–H and O–H groups in total. The first kappa shape index (κ1) is 19.6. The summed E-state index contributed by atoms with van der Waals surface area (Å²) < 4.78 is 5.30. The zero-order chi connectivity index (χ0) is 19.5. The number of hydrogen-bond donors (Lipinski definition) is 1. The fourth-order valence-corrected chi connectivity index (χ4v) is 5.08. The molecule has 0 aromatic rings. The molecule has 0 spiro atoms. The van der Waals surface area contributed by atoms with E-state index in [1.54, 1.807) is 0 Å². The fraction of sp³-hybridized carbons (Fsp3) is 0.850. The summed E-state index contributed by atoms with van der Waals surface area (Å²) in [7, 11) is 0. The van der Waals surface area contributed by atoms with Crippen molar-refractivity contribution in [3.63, 3.8) is 0 Å². The Labute approximate surface area is 166 Å². The van der Waals surface area contributed by atoms with E-state index in [1.165, 1.54) is 17.7 Å². The summed E-state index contributed by atoms with van der Waals surface area (Å²) in [6.45, 7) is 6.68. The Morgan fingerprint density at radius 2 is 1.68 bits per heavy atom. The summed E-state index contributed by atoms with van der Waals surface area (Å²) in [4.78, 5) is 44.7. The summed E-state index contributed by atoms with van der Waals surface area (Å²) in [6, 6.07) is 0.359. The van der Waals surface area contributed by atoms with E-state index in [2.05, 4.69) is 0 Å². The van der Waals surface area contributed by atoms with Crippen molar-refractivity contribution in [3.05, 3.63) is 0 Å². The van der Waals surface area contributed by atoms with Gasteiger partial charge in [-0.05, 0) is 12.8 Å². The van der Waals surface area contributed by atoms with E-state index >= 15 is 0 Å². The zero-order valence-corrected chi connectivity index (χ0v) is 16.7. The van der Waals surface area contributed by atoms with Gasteiger partial charge in [0.2, 0.25) is 11.8 Å². The molecule has 0 aromatic carbocycles. The Balaban J connectivity index is 1.23. The summed E-state index contributed by atoms with van der Waals surface area (Å²) in [5.74, 6) is 0.300. The van der Waals surface area contributed by atoms with Gasteiger partial charge in [-0.1, -0.05) is 12.8 Å². The van der Waals surface area contributed by atoms with E-state index in [0.717, 1.165) is 25.9 Å². The number of rotatable bonds is 4. The normalized spacial score (nSPS) is 27.6. The van der Waals surface area contributed by atoms with Gasteiger partial charge >= 0.3 is 0 Å².